The molecular formula is C25H33N7O4. The first-order valence-electron chi connectivity index (χ1n) is 12.0. The summed E-state index contributed by atoms with van der Waals surface area (Å²) in [6.45, 7) is 2.20. The van der Waals surface area contributed by atoms with Gasteiger partial charge < -0.3 is 41.3 Å². The van der Waals surface area contributed by atoms with Crippen LogP contribution in [0.3, 0.4) is 0 Å². The van der Waals surface area contributed by atoms with Gasteiger partial charge in [-0.05, 0) is 11.1 Å². The maximum atomic E-state index is 10.8. The van der Waals surface area contributed by atoms with Crippen LogP contribution in [0.25, 0.3) is 0 Å². The van der Waals surface area contributed by atoms with Crippen LogP contribution in [0.15, 0.2) is 60.7 Å². The van der Waals surface area contributed by atoms with Crippen molar-refractivity contribution in [2.75, 3.05) is 54.9 Å². The molecule has 1 aliphatic heterocycles. The highest BCUT2D eigenvalue weighted by Crippen LogP contribution is 2.23. The van der Waals surface area contributed by atoms with Gasteiger partial charge in [-0.1, -0.05) is 60.7 Å². The zero-order chi connectivity index (χ0) is 25.3. The molecule has 0 unspecified atom stereocenters. The van der Waals surface area contributed by atoms with Crippen molar-refractivity contribution in [3.63, 3.8) is 0 Å². The molecule has 36 heavy (non-hydrogen) atoms. The van der Waals surface area contributed by atoms with Crippen LogP contribution >= 0.6 is 0 Å². The summed E-state index contributed by atoms with van der Waals surface area (Å²) in [6.07, 6.45) is -2.01. The molecule has 4 rings (SSSR count). The number of piperazine rings is 1. The van der Waals surface area contributed by atoms with Crippen LogP contribution in [0.1, 0.15) is 23.3 Å². The molecule has 0 saturated carbocycles. The normalized spacial score (nSPS) is 17.2. The van der Waals surface area contributed by atoms with Crippen LogP contribution in [0.4, 0.5) is 17.8 Å². The van der Waals surface area contributed by atoms with Gasteiger partial charge in [0, 0.05) is 26.2 Å². The summed E-state index contributed by atoms with van der Waals surface area (Å²) in [7, 11) is 0. The van der Waals surface area contributed by atoms with Crippen molar-refractivity contribution in [2.45, 2.75) is 24.3 Å². The van der Waals surface area contributed by atoms with E-state index in [0.717, 1.165) is 13.1 Å². The summed E-state index contributed by atoms with van der Waals surface area (Å²) < 4.78 is 0. The van der Waals surface area contributed by atoms with E-state index in [-0.39, 0.29) is 25.1 Å². The van der Waals surface area contributed by atoms with E-state index in [1.54, 1.807) is 24.3 Å². The van der Waals surface area contributed by atoms with Gasteiger partial charge in [-0.15, -0.1) is 0 Å². The second-order valence-electron chi connectivity index (χ2n) is 8.60. The van der Waals surface area contributed by atoms with E-state index < -0.39 is 24.3 Å². The number of aliphatic hydroxyl groups excluding tert-OH is 4. The Morgan fingerprint density at radius 2 is 1.17 bits per heavy atom. The van der Waals surface area contributed by atoms with Gasteiger partial charge in [0.15, 0.2) is 0 Å². The van der Waals surface area contributed by atoms with E-state index in [0.29, 0.717) is 30.2 Å². The fourth-order valence-electron chi connectivity index (χ4n) is 4.05. The SMILES string of the molecule is OC[C@H](Nc1nc(N[C@@H](CO)[C@@H](O)c2ccccc2)nc(N2CCNCC2)n1)[C@@H](O)c1ccccc1. The zero-order valence-corrected chi connectivity index (χ0v) is 19.9. The van der Waals surface area contributed by atoms with Gasteiger partial charge in [0.25, 0.3) is 0 Å². The summed E-state index contributed by atoms with van der Waals surface area (Å²) in [4.78, 5) is 15.5. The third kappa shape index (κ3) is 6.45. The molecule has 2 heterocycles. The van der Waals surface area contributed by atoms with Gasteiger partial charge >= 0.3 is 0 Å². The molecule has 0 aliphatic carbocycles. The van der Waals surface area contributed by atoms with E-state index in [1.807, 2.05) is 41.3 Å². The van der Waals surface area contributed by atoms with Gasteiger partial charge in [-0.2, -0.15) is 15.0 Å². The van der Waals surface area contributed by atoms with Crippen LogP contribution in [0.5, 0.6) is 0 Å². The van der Waals surface area contributed by atoms with Crippen molar-refractivity contribution < 1.29 is 20.4 Å². The molecule has 0 amide bonds. The van der Waals surface area contributed by atoms with Crippen molar-refractivity contribution >= 4 is 17.8 Å². The molecule has 0 radical (unpaired) electrons. The van der Waals surface area contributed by atoms with E-state index >= 15 is 0 Å². The standard InChI is InChI=1S/C25H33N7O4/c33-15-19(21(35)17-7-3-1-4-8-17)27-23-29-24(31-25(30-23)32-13-11-26-12-14-32)28-20(16-34)22(36)18-9-5-2-6-10-18/h1-10,19-22,26,33-36H,11-16H2,(H2,27,28,29,30,31)/t19-,20-,21-,22-/m0/s1. The minimum absolute atomic E-state index is 0.154. The number of aromatic nitrogens is 3. The van der Waals surface area contributed by atoms with Crippen LogP contribution < -0.4 is 20.9 Å². The van der Waals surface area contributed by atoms with Gasteiger partial charge in [-0.25, -0.2) is 0 Å². The first-order chi connectivity index (χ1) is 17.6. The van der Waals surface area contributed by atoms with Crippen LogP contribution in [0, 0.1) is 0 Å². The van der Waals surface area contributed by atoms with Crippen molar-refractivity contribution in [2.24, 2.45) is 0 Å². The Morgan fingerprint density at radius 1 is 0.722 bits per heavy atom. The summed E-state index contributed by atoms with van der Waals surface area (Å²) in [6, 6.07) is 16.5. The maximum Gasteiger partial charge on any atom is 0.232 e. The molecule has 1 fully saturated rings. The average Bonchev–Trinajstić information content (AvgIpc) is 2.95. The lowest BCUT2D eigenvalue weighted by Gasteiger charge is -2.29. The number of hydrogen-bond acceptors (Lipinski definition) is 11. The topological polar surface area (TPSA) is 159 Å². The summed E-state index contributed by atoms with van der Waals surface area (Å²) >= 11 is 0. The highest BCUT2D eigenvalue weighted by atomic mass is 16.3. The Morgan fingerprint density at radius 3 is 1.58 bits per heavy atom. The van der Waals surface area contributed by atoms with Gasteiger partial charge in [0.05, 0.1) is 25.3 Å². The minimum Gasteiger partial charge on any atom is -0.394 e. The average molecular weight is 496 g/mol. The molecule has 11 nitrogen and oxygen atoms in total. The lowest BCUT2D eigenvalue weighted by Crippen LogP contribution is -2.44. The number of nitrogens with zero attached hydrogens (tertiary/aromatic N) is 4. The summed E-state index contributed by atoms with van der Waals surface area (Å²) in [5.74, 6) is 0.718. The predicted octanol–water partition coefficient (Wildman–Crippen LogP) is 0.294. The molecule has 192 valence electrons. The van der Waals surface area contributed by atoms with Crippen LogP contribution in [0.2, 0.25) is 0 Å². The van der Waals surface area contributed by atoms with Crippen LogP contribution in [-0.2, 0) is 0 Å². The number of aliphatic hydroxyl groups is 4. The quantitative estimate of drug-likeness (QED) is 0.196. The molecule has 2 aromatic carbocycles. The van der Waals surface area contributed by atoms with Crippen molar-refractivity contribution in [1.82, 2.24) is 20.3 Å². The Balaban J connectivity index is 1.60. The molecule has 0 bridgehead atoms. The third-order valence-corrected chi connectivity index (χ3v) is 6.09. The monoisotopic (exact) mass is 495 g/mol. The molecule has 1 aromatic heterocycles. The highest BCUT2D eigenvalue weighted by Gasteiger charge is 2.25. The number of hydrogen-bond donors (Lipinski definition) is 7. The largest absolute Gasteiger partial charge is 0.394 e. The molecular weight excluding hydrogens is 462 g/mol. The third-order valence-electron chi connectivity index (χ3n) is 6.09. The lowest BCUT2D eigenvalue weighted by atomic mass is 10.0. The van der Waals surface area contributed by atoms with Gasteiger partial charge in [-0.3, -0.25) is 0 Å². The Hall–Kier alpha value is -3.35. The molecule has 7 N–H and O–H groups in total. The molecule has 0 spiro atoms. The first kappa shape index (κ1) is 25.7. The van der Waals surface area contributed by atoms with Crippen molar-refractivity contribution in [3.05, 3.63) is 71.8 Å². The Kier molecular flexibility index (Phi) is 8.98. The molecule has 1 aliphatic rings. The van der Waals surface area contributed by atoms with Gasteiger partial charge in [0.2, 0.25) is 17.8 Å². The van der Waals surface area contributed by atoms with Crippen LogP contribution in [-0.4, -0.2) is 86.9 Å². The smallest absolute Gasteiger partial charge is 0.232 e. The van der Waals surface area contributed by atoms with Crippen molar-refractivity contribution in [3.8, 4) is 0 Å². The van der Waals surface area contributed by atoms with Gasteiger partial charge in [0.1, 0.15) is 12.2 Å². The second-order valence-corrected chi connectivity index (χ2v) is 8.60. The minimum atomic E-state index is -1.00. The van der Waals surface area contributed by atoms with E-state index in [2.05, 4.69) is 30.9 Å². The first-order valence-corrected chi connectivity index (χ1v) is 12.0. The number of anilines is 3. The highest BCUT2D eigenvalue weighted by molar-refractivity contribution is 5.46. The van der Waals surface area contributed by atoms with E-state index in [4.69, 9.17) is 0 Å². The molecule has 1 saturated heterocycles. The summed E-state index contributed by atoms with van der Waals surface area (Å²) in [5.41, 5.74) is 1.29. The maximum absolute atomic E-state index is 10.8. The zero-order valence-electron chi connectivity index (χ0n) is 19.9. The Labute approximate surface area is 209 Å². The van der Waals surface area contributed by atoms with E-state index in [9.17, 15) is 20.4 Å². The van der Waals surface area contributed by atoms with E-state index in [1.165, 1.54) is 0 Å². The second kappa shape index (κ2) is 12.6. The van der Waals surface area contributed by atoms with Crippen molar-refractivity contribution in [1.29, 1.82) is 0 Å². The number of nitrogens with one attached hydrogen (secondary N) is 3. The number of benzene rings is 2. The molecule has 4 atom stereocenters. The Bertz CT molecular complexity index is 997. The molecule has 3 aromatic rings. The fourth-order valence-corrected chi connectivity index (χ4v) is 4.05. The fraction of sp³-hybridized carbons (Fsp3) is 0.400. The predicted molar refractivity (Wildman–Crippen MR) is 137 cm³/mol. The number of rotatable bonds is 11. The lowest BCUT2D eigenvalue weighted by molar-refractivity contribution is 0.118. The molecule has 11 heteroatoms. The summed E-state index contributed by atoms with van der Waals surface area (Å²) in [5, 5.41) is 51.0.